The maximum absolute atomic E-state index is 11.5. The lowest BCUT2D eigenvalue weighted by atomic mass is 9.98. The van der Waals surface area contributed by atoms with Crippen molar-refractivity contribution in [1.29, 1.82) is 0 Å². The van der Waals surface area contributed by atoms with E-state index in [-0.39, 0.29) is 5.91 Å². The van der Waals surface area contributed by atoms with Crippen molar-refractivity contribution >= 4 is 5.91 Å². The van der Waals surface area contributed by atoms with Crippen LogP contribution in [0.5, 0.6) is 0 Å². The number of carbonyl (C=O) groups excluding carboxylic acids is 1. The molecule has 1 unspecified atom stereocenters. The van der Waals surface area contributed by atoms with Gasteiger partial charge in [-0.1, -0.05) is 13.3 Å². The Morgan fingerprint density at radius 1 is 1.50 bits per heavy atom. The van der Waals surface area contributed by atoms with Gasteiger partial charge in [-0.3, -0.25) is 15.1 Å². The highest BCUT2D eigenvalue weighted by Gasteiger charge is 2.19. The topological polar surface area (TPSA) is 71.5 Å². The van der Waals surface area contributed by atoms with Crippen LogP contribution in [0.4, 0.5) is 0 Å². The minimum Gasteiger partial charge on any atom is -0.454 e. The van der Waals surface area contributed by atoms with Gasteiger partial charge < -0.3 is 4.42 Å². The van der Waals surface area contributed by atoms with Crippen molar-refractivity contribution in [2.45, 2.75) is 46.1 Å². The summed E-state index contributed by atoms with van der Waals surface area (Å²) in [5, 5.41) is 0. The quantitative estimate of drug-likeness (QED) is 0.503. The molecule has 112 valence electrons. The number of hydrogen-bond acceptors (Lipinski definition) is 4. The van der Waals surface area contributed by atoms with Crippen LogP contribution in [0.3, 0.4) is 0 Å². The Morgan fingerprint density at radius 2 is 2.30 bits per heavy atom. The van der Waals surface area contributed by atoms with Crippen molar-refractivity contribution in [2.75, 3.05) is 13.1 Å². The molecule has 1 aliphatic heterocycles. The Bertz CT molecular complexity index is 456. The van der Waals surface area contributed by atoms with Crippen LogP contribution < -0.4 is 11.3 Å². The summed E-state index contributed by atoms with van der Waals surface area (Å²) < 4.78 is 5.63. The number of carbonyl (C=O) groups is 1. The van der Waals surface area contributed by atoms with Crippen LogP contribution in [0.15, 0.2) is 10.5 Å². The van der Waals surface area contributed by atoms with Crippen LogP contribution >= 0.6 is 0 Å². The standard InChI is InChI=1S/C15H25N3O2/c1-3-12-5-4-7-18(8-6-12)10-13-9-11(2)14(20-13)15(19)17-16/h9,12H,3-8,10,16H2,1-2H3,(H,17,19). The number of nitrogens with one attached hydrogen (secondary N) is 1. The van der Waals surface area contributed by atoms with E-state index in [9.17, 15) is 4.79 Å². The molecule has 5 nitrogen and oxygen atoms in total. The number of hydrogen-bond donors (Lipinski definition) is 2. The van der Waals surface area contributed by atoms with E-state index in [2.05, 4.69) is 17.2 Å². The number of rotatable bonds is 4. The van der Waals surface area contributed by atoms with Crippen molar-refractivity contribution in [3.05, 3.63) is 23.2 Å². The largest absolute Gasteiger partial charge is 0.454 e. The number of nitrogen functional groups attached to an aromatic ring is 1. The predicted octanol–water partition coefficient (Wildman–Crippen LogP) is 2.20. The van der Waals surface area contributed by atoms with Crippen molar-refractivity contribution in [3.8, 4) is 0 Å². The van der Waals surface area contributed by atoms with Gasteiger partial charge in [0.15, 0.2) is 5.76 Å². The molecule has 1 amide bonds. The monoisotopic (exact) mass is 279 g/mol. The molecule has 0 saturated carbocycles. The number of furan rings is 1. The van der Waals surface area contributed by atoms with Gasteiger partial charge in [0.25, 0.3) is 0 Å². The fraction of sp³-hybridized carbons (Fsp3) is 0.667. The number of likely N-dealkylation sites (tertiary alicyclic amines) is 1. The van der Waals surface area contributed by atoms with Gasteiger partial charge in [-0.05, 0) is 51.3 Å². The second-order valence-corrected chi connectivity index (χ2v) is 5.68. The third kappa shape index (κ3) is 3.61. The molecule has 1 aromatic heterocycles. The molecule has 2 heterocycles. The third-order valence-electron chi connectivity index (χ3n) is 4.20. The molecule has 0 radical (unpaired) electrons. The van der Waals surface area contributed by atoms with Gasteiger partial charge in [0.2, 0.25) is 0 Å². The van der Waals surface area contributed by atoms with Crippen LogP contribution in [-0.2, 0) is 6.54 Å². The SMILES string of the molecule is CCC1CCCN(Cc2cc(C)c(C(=O)NN)o2)CC1. The number of aryl methyl sites for hydroxylation is 1. The molecule has 0 aromatic carbocycles. The number of nitrogens with two attached hydrogens (primary N) is 1. The first-order chi connectivity index (χ1) is 9.63. The molecule has 1 atom stereocenters. The summed E-state index contributed by atoms with van der Waals surface area (Å²) in [5.74, 6) is 6.81. The van der Waals surface area contributed by atoms with E-state index in [0.717, 1.165) is 36.9 Å². The number of amides is 1. The summed E-state index contributed by atoms with van der Waals surface area (Å²) >= 11 is 0. The molecular formula is C15H25N3O2. The maximum atomic E-state index is 11.5. The summed E-state index contributed by atoms with van der Waals surface area (Å²) in [6, 6.07) is 1.94. The summed E-state index contributed by atoms with van der Waals surface area (Å²) in [6.45, 7) is 7.13. The smallest absolute Gasteiger partial charge is 0.301 e. The van der Waals surface area contributed by atoms with Crippen LogP contribution in [0, 0.1) is 12.8 Å². The first-order valence-electron chi connectivity index (χ1n) is 7.46. The zero-order chi connectivity index (χ0) is 14.5. The predicted molar refractivity (Wildman–Crippen MR) is 78.0 cm³/mol. The Balaban J connectivity index is 1.98. The first-order valence-corrected chi connectivity index (χ1v) is 7.46. The molecule has 1 aliphatic rings. The zero-order valence-electron chi connectivity index (χ0n) is 12.4. The van der Waals surface area contributed by atoms with E-state index in [0.29, 0.717) is 5.76 Å². The Kier molecular flexibility index (Phi) is 5.20. The van der Waals surface area contributed by atoms with Gasteiger partial charge in [0, 0.05) is 5.56 Å². The fourth-order valence-electron chi connectivity index (χ4n) is 2.93. The molecule has 0 bridgehead atoms. The summed E-state index contributed by atoms with van der Waals surface area (Å²) in [7, 11) is 0. The molecule has 0 aliphatic carbocycles. The van der Waals surface area contributed by atoms with Crippen LogP contribution in [0.2, 0.25) is 0 Å². The zero-order valence-corrected chi connectivity index (χ0v) is 12.4. The van der Waals surface area contributed by atoms with E-state index in [1.165, 1.54) is 25.7 Å². The second kappa shape index (κ2) is 6.90. The lowest BCUT2D eigenvalue weighted by Gasteiger charge is -2.18. The van der Waals surface area contributed by atoms with E-state index >= 15 is 0 Å². The van der Waals surface area contributed by atoms with Gasteiger partial charge in [0.1, 0.15) is 5.76 Å². The maximum Gasteiger partial charge on any atom is 0.301 e. The fourth-order valence-corrected chi connectivity index (χ4v) is 2.93. The van der Waals surface area contributed by atoms with Gasteiger partial charge in [0.05, 0.1) is 6.54 Å². The number of hydrazine groups is 1. The minimum absolute atomic E-state index is 0.323. The van der Waals surface area contributed by atoms with Gasteiger partial charge in [-0.25, -0.2) is 5.84 Å². The summed E-state index contributed by atoms with van der Waals surface area (Å²) in [6.07, 6.45) is 5.10. The van der Waals surface area contributed by atoms with E-state index < -0.39 is 0 Å². The highest BCUT2D eigenvalue weighted by molar-refractivity contribution is 5.92. The minimum atomic E-state index is -0.365. The van der Waals surface area contributed by atoms with Crippen molar-refractivity contribution in [2.24, 2.45) is 11.8 Å². The molecule has 1 saturated heterocycles. The molecule has 5 heteroatoms. The highest BCUT2D eigenvalue weighted by atomic mass is 16.4. The lowest BCUT2D eigenvalue weighted by molar-refractivity contribution is 0.0921. The Morgan fingerprint density at radius 3 is 3.00 bits per heavy atom. The van der Waals surface area contributed by atoms with Crippen molar-refractivity contribution < 1.29 is 9.21 Å². The number of nitrogens with zero attached hydrogens (tertiary/aromatic N) is 1. The lowest BCUT2D eigenvalue weighted by Crippen LogP contribution is -2.30. The van der Waals surface area contributed by atoms with Crippen molar-refractivity contribution in [3.63, 3.8) is 0 Å². The summed E-state index contributed by atoms with van der Waals surface area (Å²) in [5.41, 5.74) is 2.95. The van der Waals surface area contributed by atoms with Gasteiger partial charge >= 0.3 is 5.91 Å². The van der Waals surface area contributed by atoms with E-state index in [1.807, 2.05) is 13.0 Å². The van der Waals surface area contributed by atoms with Gasteiger partial charge in [-0.15, -0.1) is 0 Å². The van der Waals surface area contributed by atoms with Gasteiger partial charge in [-0.2, -0.15) is 0 Å². The van der Waals surface area contributed by atoms with Crippen LogP contribution in [-0.4, -0.2) is 23.9 Å². The summed E-state index contributed by atoms with van der Waals surface area (Å²) in [4.78, 5) is 13.9. The molecule has 20 heavy (non-hydrogen) atoms. The normalized spacial score (nSPS) is 20.6. The van der Waals surface area contributed by atoms with Crippen molar-refractivity contribution in [1.82, 2.24) is 10.3 Å². The molecular weight excluding hydrogens is 254 g/mol. The molecule has 2 rings (SSSR count). The van der Waals surface area contributed by atoms with Crippen LogP contribution in [0.1, 0.15) is 54.5 Å². The van der Waals surface area contributed by atoms with Crippen LogP contribution in [0.25, 0.3) is 0 Å². The molecule has 0 spiro atoms. The van der Waals surface area contributed by atoms with E-state index in [4.69, 9.17) is 10.3 Å². The molecule has 1 aromatic rings. The first kappa shape index (κ1) is 15.1. The molecule has 3 N–H and O–H groups in total. The van der Waals surface area contributed by atoms with E-state index in [1.54, 1.807) is 0 Å². The average Bonchev–Trinajstić information content (AvgIpc) is 2.67. The Labute approximate surface area is 120 Å². The molecule has 1 fully saturated rings. The Hall–Kier alpha value is -1.33. The average molecular weight is 279 g/mol. The second-order valence-electron chi connectivity index (χ2n) is 5.68. The third-order valence-corrected chi connectivity index (χ3v) is 4.20. The highest BCUT2D eigenvalue weighted by Crippen LogP contribution is 2.22.